The van der Waals surface area contributed by atoms with Gasteiger partial charge < -0.3 is 9.64 Å². The van der Waals surface area contributed by atoms with Gasteiger partial charge in [-0.05, 0) is 54.8 Å². The van der Waals surface area contributed by atoms with Crippen molar-refractivity contribution in [1.29, 1.82) is 0 Å². The van der Waals surface area contributed by atoms with Crippen molar-refractivity contribution in [2.45, 2.75) is 19.4 Å². The maximum atomic E-state index is 12.9. The van der Waals surface area contributed by atoms with E-state index in [1.165, 1.54) is 23.5 Å². The molecule has 6 heteroatoms. The second-order valence-corrected chi connectivity index (χ2v) is 7.33. The molecule has 4 nitrogen and oxygen atoms in total. The number of benzene rings is 2. The zero-order valence-corrected chi connectivity index (χ0v) is 15.5. The number of ether oxygens (including phenoxy) is 1. The monoisotopic (exact) mass is 382 g/mol. The molecule has 0 aliphatic carbocycles. The van der Waals surface area contributed by atoms with E-state index in [1.54, 1.807) is 12.1 Å². The Morgan fingerprint density at radius 1 is 1.07 bits per heavy atom. The van der Waals surface area contributed by atoms with Crippen LogP contribution in [0.4, 0.5) is 4.39 Å². The summed E-state index contributed by atoms with van der Waals surface area (Å²) in [5.41, 5.74) is 2.38. The number of likely N-dealkylation sites (tertiary alicyclic amines) is 1. The highest BCUT2D eigenvalue weighted by Crippen LogP contribution is 2.27. The van der Waals surface area contributed by atoms with E-state index in [1.807, 2.05) is 34.5 Å². The summed E-state index contributed by atoms with van der Waals surface area (Å²) >= 11 is 1.47. The van der Waals surface area contributed by atoms with Crippen molar-refractivity contribution in [2.75, 3.05) is 13.1 Å². The number of amides is 1. The third-order valence-electron chi connectivity index (χ3n) is 4.54. The summed E-state index contributed by atoms with van der Waals surface area (Å²) in [6, 6.07) is 13.9. The Morgan fingerprint density at radius 3 is 2.48 bits per heavy atom. The molecular weight excluding hydrogens is 363 g/mol. The summed E-state index contributed by atoms with van der Waals surface area (Å²) in [6.45, 7) is 2.03. The molecule has 3 aromatic rings. The lowest BCUT2D eigenvalue weighted by molar-refractivity contribution is 0.0788. The van der Waals surface area contributed by atoms with Gasteiger partial charge in [-0.1, -0.05) is 12.1 Å². The Bertz CT molecular complexity index is 916. The highest BCUT2D eigenvalue weighted by atomic mass is 32.1. The van der Waals surface area contributed by atoms with Crippen molar-refractivity contribution in [3.05, 3.63) is 71.0 Å². The quantitative estimate of drug-likeness (QED) is 0.639. The Hall–Kier alpha value is -2.73. The zero-order valence-electron chi connectivity index (χ0n) is 14.7. The molecule has 2 heterocycles. The van der Waals surface area contributed by atoms with Crippen molar-refractivity contribution in [2.24, 2.45) is 0 Å². The maximum absolute atomic E-state index is 12.9. The molecule has 0 spiro atoms. The van der Waals surface area contributed by atoms with Crippen molar-refractivity contribution >= 4 is 17.2 Å². The predicted molar refractivity (Wildman–Crippen MR) is 103 cm³/mol. The number of carbonyl (C=O) groups is 1. The lowest BCUT2D eigenvalue weighted by Crippen LogP contribution is -2.27. The minimum atomic E-state index is -0.255. The van der Waals surface area contributed by atoms with Crippen LogP contribution in [0, 0.1) is 5.82 Å². The molecule has 1 amide bonds. The van der Waals surface area contributed by atoms with Gasteiger partial charge in [0.05, 0.1) is 0 Å². The lowest BCUT2D eigenvalue weighted by Gasteiger charge is -2.12. The topological polar surface area (TPSA) is 42.4 Å². The number of aromatic nitrogens is 1. The normalized spacial score (nSPS) is 13.7. The average molecular weight is 382 g/mol. The summed E-state index contributed by atoms with van der Waals surface area (Å²) in [4.78, 5) is 18.8. The van der Waals surface area contributed by atoms with Gasteiger partial charge in [-0.2, -0.15) is 0 Å². The summed E-state index contributed by atoms with van der Waals surface area (Å²) in [5.74, 6) is 0.497. The largest absolute Gasteiger partial charge is 0.489 e. The fraction of sp³-hybridized carbons (Fsp3) is 0.238. The molecular formula is C21H19FN2O2S. The van der Waals surface area contributed by atoms with Gasteiger partial charge in [0, 0.05) is 24.0 Å². The number of halogens is 1. The molecule has 1 fully saturated rings. The molecule has 2 aromatic carbocycles. The van der Waals surface area contributed by atoms with E-state index in [0.29, 0.717) is 12.3 Å². The Morgan fingerprint density at radius 2 is 1.78 bits per heavy atom. The van der Waals surface area contributed by atoms with Crippen molar-refractivity contribution < 1.29 is 13.9 Å². The summed E-state index contributed by atoms with van der Waals surface area (Å²) < 4.78 is 18.7. The molecule has 0 atom stereocenters. The van der Waals surface area contributed by atoms with Gasteiger partial charge in [0.15, 0.2) is 0 Å². The molecule has 1 aromatic heterocycles. The predicted octanol–water partition coefficient (Wildman–Crippen LogP) is 4.76. The van der Waals surface area contributed by atoms with Crippen molar-refractivity contribution in [1.82, 2.24) is 9.88 Å². The van der Waals surface area contributed by atoms with Crippen LogP contribution in [0.1, 0.15) is 28.9 Å². The van der Waals surface area contributed by atoms with E-state index in [0.717, 1.165) is 47.8 Å². The van der Waals surface area contributed by atoms with Gasteiger partial charge in [-0.25, -0.2) is 9.37 Å². The summed E-state index contributed by atoms with van der Waals surface area (Å²) in [7, 11) is 0. The molecule has 4 rings (SSSR count). The van der Waals surface area contributed by atoms with Gasteiger partial charge >= 0.3 is 0 Å². The summed E-state index contributed by atoms with van der Waals surface area (Å²) in [6.07, 6.45) is 2.14. The standard InChI is InChI=1S/C21H19FN2O2S/c22-17-7-3-15(4-8-17)13-26-18-9-5-16(6-10-18)20-23-19(14-27-20)21(25)24-11-1-2-12-24/h3-10,14H,1-2,11-13H2. The Balaban J connectivity index is 1.40. The first-order valence-electron chi connectivity index (χ1n) is 8.91. The van der Waals surface area contributed by atoms with Crippen LogP contribution in [0.15, 0.2) is 53.9 Å². The number of hydrogen-bond acceptors (Lipinski definition) is 4. The minimum Gasteiger partial charge on any atom is -0.489 e. The molecule has 0 saturated carbocycles. The fourth-order valence-electron chi connectivity index (χ4n) is 3.03. The summed E-state index contributed by atoms with van der Waals surface area (Å²) in [5, 5.41) is 2.65. The van der Waals surface area contributed by atoms with Crippen LogP contribution < -0.4 is 4.74 Å². The van der Waals surface area contributed by atoms with E-state index in [2.05, 4.69) is 4.98 Å². The van der Waals surface area contributed by atoms with Crippen LogP contribution in [-0.4, -0.2) is 28.9 Å². The highest BCUT2D eigenvalue weighted by Gasteiger charge is 2.21. The minimum absolute atomic E-state index is 0.0225. The maximum Gasteiger partial charge on any atom is 0.273 e. The van der Waals surface area contributed by atoms with E-state index in [4.69, 9.17) is 4.74 Å². The number of hydrogen-bond donors (Lipinski definition) is 0. The van der Waals surface area contributed by atoms with Gasteiger partial charge in [0.25, 0.3) is 5.91 Å². The van der Waals surface area contributed by atoms with Crippen LogP contribution in [0.5, 0.6) is 5.75 Å². The van der Waals surface area contributed by atoms with Gasteiger partial charge in [-0.3, -0.25) is 4.79 Å². The molecule has 1 aliphatic rings. The number of nitrogens with zero attached hydrogens (tertiary/aromatic N) is 2. The first kappa shape index (κ1) is 17.7. The Labute approximate surface area is 161 Å². The molecule has 0 radical (unpaired) electrons. The fourth-order valence-corrected chi connectivity index (χ4v) is 3.83. The average Bonchev–Trinajstić information content (AvgIpc) is 3.40. The van der Waals surface area contributed by atoms with Gasteiger partial charge in [-0.15, -0.1) is 11.3 Å². The highest BCUT2D eigenvalue weighted by molar-refractivity contribution is 7.13. The molecule has 1 saturated heterocycles. The number of thiazole rings is 1. The Kier molecular flexibility index (Phi) is 5.16. The van der Waals surface area contributed by atoms with E-state index in [9.17, 15) is 9.18 Å². The molecule has 0 bridgehead atoms. The van der Waals surface area contributed by atoms with E-state index in [-0.39, 0.29) is 11.7 Å². The lowest BCUT2D eigenvalue weighted by atomic mass is 10.2. The van der Waals surface area contributed by atoms with Crippen molar-refractivity contribution in [3.63, 3.8) is 0 Å². The van der Waals surface area contributed by atoms with Crippen LogP contribution >= 0.6 is 11.3 Å². The SMILES string of the molecule is O=C(c1csc(-c2ccc(OCc3ccc(F)cc3)cc2)n1)N1CCCC1. The van der Waals surface area contributed by atoms with E-state index >= 15 is 0 Å². The second-order valence-electron chi connectivity index (χ2n) is 6.48. The van der Waals surface area contributed by atoms with Crippen molar-refractivity contribution in [3.8, 4) is 16.3 Å². The van der Waals surface area contributed by atoms with Crippen LogP contribution in [0.25, 0.3) is 10.6 Å². The van der Waals surface area contributed by atoms with Gasteiger partial charge in [0.2, 0.25) is 0 Å². The van der Waals surface area contributed by atoms with Crippen LogP contribution in [0.3, 0.4) is 0 Å². The third-order valence-corrected chi connectivity index (χ3v) is 5.43. The van der Waals surface area contributed by atoms with Crippen LogP contribution in [0.2, 0.25) is 0 Å². The molecule has 27 heavy (non-hydrogen) atoms. The van der Waals surface area contributed by atoms with Gasteiger partial charge in [0.1, 0.15) is 28.9 Å². The number of carbonyl (C=O) groups excluding carboxylic acids is 1. The third kappa shape index (κ3) is 4.17. The first-order valence-corrected chi connectivity index (χ1v) is 9.79. The first-order chi connectivity index (χ1) is 13.2. The number of rotatable bonds is 5. The molecule has 138 valence electrons. The molecule has 1 aliphatic heterocycles. The van der Waals surface area contributed by atoms with Crippen LogP contribution in [-0.2, 0) is 6.61 Å². The smallest absolute Gasteiger partial charge is 0.273 e. The van der Waals surface area contributed by atoms with E-state index < -0.39 is 0 Å². The zero-order chi connectivity index (χ0) is 18.6. The molecule has 0 N–H and O–H groups in total. The molecule has 0 unspecified atom stereocenters. The second kappa shape index (κ2) is 7.88.